The van der Waals surface area contributed by atoms with Gasteiger partial charge in [0.1, 0.15) is 0 Å². The lowest BCUT2D eigenvalue weighted by Crippen LogP contribution is -2.07. The molecule has 0 radical (unpaired) electrons. The summed E-state index contributed by atoms with van der Waals surface area (Å²) in [6.07, 6.45) is -3.76. The first-order chi connectivity index (χ1) is 8.99. The molecular weight excluding hydrogens is 299 g/mol. The molecule has 0 bridgehead atoms. The van der Waals surface area contributed by atoms with Gasteiger partial charge in [-0.05, 0) is 24.1 Å². The van der Waals surface area contributed by atoms with Gasteiger partial charge >= 0.3 is 6.18 Å². The molecule has 0 aliphatic rings. The number of hydrogen-bond acceptors (Lipinski definition) is 4. The number of alkyl halides is 4. The Balaban J connectivity index is 2.06. The van der Waals surface area contributed by atoms with Crippen LogP contribution < -0.4 is 5.32 Å². The number of halogens is 4. The highest BCUT2D eigenvalue weighted by atomic mass is 35.5. The molecule has 0 aliphatic carbocycles. The van der Waals surface area contributed by atoms with Crippen LogP contribution in [0.4, 0.5) is 24.0 Å². The molecule has 1 aromatic heterocycles. The van der Waals surface area contributed by atoms with Crippen LogP contribution in [0.25, 0.3) is 0 Å². The summed E-state index contributed by atoms with van der Waals surface area (Å²) in [7, 11) is 0. The van der Waals surface area contributed by atoms with Crippen molar-refractivity contribution in [2.45, 2.75) is 12.6 Å². The second-order valence-corrected chi connectivity index (χ2v) is 4.81. The molecule has 0 saturated heterocycles. The standard InChI is InChI=1S/C11H9ClF3N3S/c12-6-5-7-1-3-8(4-2-7)16-10-17-9(18-19-10)11(13,14)15/h1-4H,5-6H2,(H,16,17,18). The van der Waals surface area contributed by atoms with Crippen molar-refractivity contribution in [3.05, 3.63) is 35.7 Å². The molecule has 8 heteroatoms. The third kappa shape index (κ3) is 3.81. The second-order valence-electron chi connectivity index (χ2n) is 3.68. The normalized spacial score (nSPS) is 11.6. The summed E-state index contributed by atoms with van der Waals surface area (Å²) < 4.78 is 40.2. The largest absolute Gasteiger partial charge is 0.452 e. The number of anilines is 2. The molecule has 19 heavy (non-hydrogen) atoms. The molecule has 0 amide bonds. The number of aryl methyl sites for hydroxylation is 1. The summed E-state index contributed by atoms with van der Waals surface area (Å²) in [5.41, 5.74) is 1.72. The molecule has 0 atom stereocenters. The molecule has 0 fully saturated rings. The Hall–Kier alpha value is -1.34. The maximum Gasteiger partial charge on any atom is 0.452 e. The second kappa shape index (κ2) is 5.75. The van der Waals surface area contributed by atoms with Crippen LogP contribution in [0.5, 0.6) is 0 Å². The van der Waals surface area contributed by atoms with Gasteiger partial charge in [-0.3, -0.25) is 0 Å². The van der Waals surface area contributed by atoms with Crippen molar-refractivity contribution >= 4 is 34.0 Å². The van der Waals surface area contributed by atoms with Crippen LogP contribution in [0.15, 0.2) is 24.3 Å². The predicted molar refractivity (Wildman–Crippen MR) is 69.1 cm³/mol. The summed E-state index contributed by atoms with van der Waals surface area (Å²) in [5.74, 6) is -0.600. The van der Waals surface area contributed by atoms with Crippen molar-refractivity contribution in [3.63, 3.8) is 0 Å². The highest BCUT2D eigenvalue weighted by molar-refractivity contribution is 7.09. The molecule has 0 spiro atoms. The zero-order valence-electron chi connectivity index (χ0n) is 9.54. The van der Waals surface area contributed by atoms with E-state index in [1.54, 1.807) is 12.1 Å². The van der Waals surface area contributed by atoms with Crippen LogP contribution in [-0.2, 0) is 12.6 Å². The molecule has 0 aliphatic heterocycles. The zero-order valence-corrected chi connectivity index (χ0v) is 11.1. The van der Waals surface area contributed by atoms with Gasteiger partial charge in [0.25, 0.3) is 0 Å². The van der Waals surface area contributed by atoms with Crippen molar-refractivity contribution in [1.29, 1.82) is 0 Å². The van der Waals surface area contributed by atoms with E-state index in [0.29, 0.717) is 23.1 Å². The Morgan fingerprint density at radius 1 is 1.21 bits per heavy atom. The Bertz CT molecular complexity index is 539. The van der Waals surface area contributed by atoms with E-state index in [1.807, 2.05) is 12.1 Å². The van der Waals surface area contributed by atoms with E-state index in [0.717, 1.165) is 12.0 Å². The molecule has 1 aromatic carbocycles. The van der Waals surface area contributed by atoms with Crippen LogP contribution in [0.2, 0.25) is 0 Å². The van der Waals surface area contributed by atoms with Gasteiger partial charge in [-0.25, -0.2) is 0 Å². The maximum absolute atomic E-state index is 12.3. The lowest BCUT2D eigenvalue weighted by Gasteiger charge is -2.03. The van der Waals surface area contributed by atoms with Gasteiger partial charge in [-0.15, -0.1) is 11.6 Å². The van der Waals surface area contributed by atoms with E-state index in [9.17, 15) is 13.2 Å². The van der Waals surface area contributed by atoms with Gasteiger partial charge in [-0.1, -0.05) is 12.1 Å². The third-order valence-electron chi connectivity index (χ3n) is 2.27. The number of rotatable bonds is 4. The van der Waals surface area contributed by atoms with Crippen LogP contribution in [0.3, 0.4) is 0 Å². The van der Waals surface area contributed by atoms with E-state index in [4.69, 9.17) is 11.6 Å². The molecule has 0 saturated carbocycles. The van der Waals surface area contributed by atoms with Crippen molar-refractivity contribution < 1.29 is 13.2 Å². The summed E-state index contributed by atoms with van der Waals surface area (Å²) >= 11 is 6.28. The fourth-order valence-corrected chi connectivity index (χ4v) is 2.20. The first-order valence-electron chi connectivity index (χ1n) is 5.32. The van der Waals surface area contributed by atoms with Crippen LogP contribution in [-0.4, -0.2) is 15.2 Å². The minimum absolute atomic E-state index is 0.109. The van der Waals surface area contributed by atoms with Crippen molar-refractivity contribution in [2.24, 2.45) is 0 Å². The Kier molecular flexibility index (Phi) is 4.26. The van der Waals surface area contributed by atoms with Gasteiger partial charge in [0, 0.05) is 23.1 Å². The van der Waals surface area contributed by atoms with E-state index in [1.165, 1.54) is 0 Å². The number of benzene rings is 1. The smallest absolute Gasteiger partial charge is 0.330 e. The van der Waals surface area contributed by atoms with E-state index in [2.05, 4.69) is 14.7 Å². The first kappa shape index (κ1) is 14.1. The van der Waals surface area contributed by atoms with Crippen molar-refractivity contribution in [1.82, 2.24) is 9.36 Å². The van der Waals surface area contributed by atoms with Gasteiger partial charge in [0.15, 0.2) is 0 Å². The molecule has 0 unspecified atom stereocenters. The highest BCUT2D eigenvalue weighted by Gasteiger charge is 2.36. The Morgan fingerprint density at radius 3 is 2.42 bits per heavy atom. The number of aromatic nitrogens is 2. The first-order valence-corrected chi connectivity index (χ1v) is 6.62. The molecular formula is C11H9ClF3N3S. The van der Waals surface area contributed by atoms with E-state index < -0.39 is 12.0 Å². The van der Waals surface area contributed by atoms with Gasteiger partial charge in [0.2, 0.25) is 11.0 Å². The summed E-state index contributed by atoms with van der Waals surface area (Å²) in [6, 6.07) is 7.24. The van der Waals surface area contributed by atoms with Gasteiger partial charge < -0.3 is 5.32 Å². The topological polar surface area (TPSA) is 37.8 Å². The highest BCUT2D eigenvalue weighted by Crippen LogP contribution is 2.30. The van der Waals surface area contributed by atoms with E-state index in [-0.39, 0.29) is 5.13 Å². The fourth-order valence-electron chi connectivity index (χ4n) is 1.38. The van der Waals surface area contributed by atoms with Crippen molar-refractivity contribution in [2.75, 3.05) is 11.2 Å². The lowest BCUT2D eigenvalue weighted by molar-refractivity contribution is -0.144. The third-order valence-corrected chi connectivity index (χ3v) is 3.09. The average Bonchev–Trinajstić information content (AvgIpc) is 2.80. The predicted octanol–water partition coefficient (Wildman–Crippen LogP) is 4.08. The summed E-state index contributed by atoms with van der Waals surface area (Å²) in [5, 5.41) is 2.89. The molecule has 102 valence electrons. The molecule has 2 aromatic rings. The quantitative estimate of drug-likeness (QED) is 0.865. The monoisotopic (exact) mass is 307 g/mol. The maximum atomic E-state index is 12.3. The van der Waals surface area contributed by atoms with Crippen LogP contribution in [0.1, 0.15) is 11.4 Å². The SMILES string of the molecule is FC(F)(F)c1nsc(Nc2ccc(CCCl)cc2)n1. The molecule has 3 nitrogen and oxygen atoms in total. The Morgan fingerprint density at radius 2 is 1.89 bits per heavy atom. The molecule has 1 N–H and O–H groups in total. The number of nitrogens with zero attached hydrogens (tertiary/aromatic N) is 2. The zero-order chi connectivity index (χ0) is 13.9. The van der Waals surface area contributed by atoms with Gasteiger partial charge in [0.05, 0.1) is 0 Å². The summed E-state index contributed by atoms with van der Waals surface area (Å²) in [6.45, 7) is 0. The number of nitrogens with one attached hydrogen (secondary N) is 1. The molecule has 1 heterocycles. The van der Waals surface area contributed by atoms with Crippen molar-refractivity contribution in [3.8, 4) is 0 Å². The fraction of sp³-hybridized carbons (Fsp3) is 0.273. The van der Waals surface area contributed by atoms with Gasteiger partial charge in [-0.2, -0.15) is 22.5 Å². The average molecular weight is 308 g/mol. The Labute approximate surface area is 116 Å². The number of hydrogen-bond donors (Lipinski definition) is 1. The minimum Gasteiger partial charge on any atom is -0.330 e. The minimum atomic E-state index is -4.51. The summed E-state index contributed by atoms with van der Waals surface area (Å²) in [4.78, 5) is 3.39. The van der Waals surface area contributed by atoms with E-state index >= 15 is 0 Å². The van der Waals surface area contributed by atoms with Crippen LogP contribution >= 0.6 is 23.1 Å². The lowest BCUT2D eigenvalue weighted by atomic mass is 10.1. The van der Waals surface area contributed by atoms with Crippen LogP contribution in [0, 0.1) is 0 Å². The molecule has 2 rings (SSSR count).